The maximum absolute atomic E-state index is 9.35. The van der Waals surface area contributed by atoms with Crippen molar-refractivity contribution in [3.63, 3.8) is 0 Å². The summed E-state index contributed by atoms with van der Waals surface area (Å²) in [5, 5.41) is 11.4. The van der Waals surface area contributed by atoms with Gasteiger partial charge >= 0.3 is 0 Å². The summed E-state index contributed by atoms with van der Waals surface area (Å²) in [5.74, 6) is 2.40. The standard InChI is InChI=1S/C16H18ClNO2S/c1-2-18(19)11-12-21-16-9-7-15(8-10-16)20-14-5-3-13(17)4-6-14/h3-10,19H,2,11-12H2,1H3. The topological polar surface area (TPSA) is 32.7 Å². The largest absolute Gasteiger partial charge is 0.457 e. The Hall–Kier alpha value is -1.20. The molecule has 21 heavy (non-hydrogen) atoms. The number of hydrogen-bond donors (Lipinski definition) is 1. The van der Waals surface area contributed by atoms with E-state index in [0.29, 0.717) is 18.1 Å². The molecule has 112 valence electrons. The Kier molecular flexibility index (Phi) is 6.39. The highest BCUT2D eigenvalue weighted by atomic mass is 35.5. The Morgan fingerprint density at radius 1 is 1.05 bits per heavy atom. The summed E-state index contributed by atoms with van der Waals surface area (Å²) in [6.07, 6.45) is 0. The number of thioether (sulfide) groups is 1. The first-order chi connectivity index (χ1) is 10.2. The molecule has 0 unspecified atom stereocenters. The molecule has 0 saturated carbocycles. The normalized spacial score (nSPS) is 10.9. The van der Waals surface area contributed by atoms with Crippen LogP contribution < -0.4 is 4.74 Å². The van der Waals surface area contributed by atoms with Crippen LogP contribution in [0.2, 0.25) is 5.02 Å². The zero-order valence-electron chi connectivity index (χ0n) is 11.8. The van der Waals surface area contributed by atoms with Crippen LogP contribution in [0.1, 0.15) is 6.92 Å². The minimum absolute atomic E-state index is 0.647. The molecule has 5 heteroatoms. The van der Waals surface area contributed by atoms with E-state index in [2.05, 4.69) is 0 Å². The van der Waals surface area contributed by atoms with E-state index < -0.39 is 0 Å². The fourth-order valence-electron chi connectivity index (χ4n) is 1.67. The third kappa shape index (κ3) is 5.59. The molecule has 1 N–H and O–H groups in total. The predicted octanol–water partition coefficient (Wildman–Crippen LogP) is 4.94. The Morgan fingerprint density at radius 3 is 2.19 bits per heavy atom. The third-order valence-electron chi connectivity index (χ3n) is 2.86. The van der Waals surface area contributed by atoms with Gasteiger partial charge < -0.3 is 9.94 Å². The van der Waals surface area contributed by atoms with Gasteiger partial charge in [-0.25, -0.2) is 0 Å². The van der Waals surface area contributed by atoms with Gasteiger partial charge in [-0.05, 0) is 48.5 Å². The van der Waals surface area contributed by atoms with Crippen LogP contribution in [0.4, 0.5) is 0 Å². The molecule has 2 aromatic carbocycles. The summed E-state index contributed by atoms with van der Waals surface area (Å²) in [4.78, 5) is 1.16. The lowest BCUT2D eigenvalue weighted by Gasteiger charge is -2.11. The Morgan fingerprint density at radius 2 is 1.62 bits per heavy atom. The highest BCUT2D eigenvalue weighted by Crippen LogP contribution is 2.26. The number of hydrogen-bond acceptors (Lipinski definition) is 4. The van der Waals surface area contributed by atoms with Crippen molar-refractivity contribution in [2.75, 3.05) is 18.8 Å². The van der Waals surface area contributed by atoms with Crippen LogP contribution in [0.25, 0.3) is 0 Å². The molecular weight excluding hydrogens is 306 g/mol. The summed E-state index contributed by atoms with van der Waals surface area (Å²) in [5.41, 5.74) is 0. The van der Waals surface area contributed by atoms with E-state index in [-0.39, 0.29) is 0 Å². The van der Waals surface area contributed by atoms with Gasteiger partial charge in [0.2, 0.25) is 0 Å². The van der Waals surface area contributed by atoms with E-state index in [1.54, 1.807) is 23.9 Å². The van der Waals surface area contributed by atoms with Crippen LogP contribution in [-0.4, -0.2) is 29.1 Å². The number of halogens is 1. The van der Waals surface area contributed by atoms with Crippen LogP contribution in [0.5, 0.6) is 11.5 Å². The summed E-state index contributed by atoms with van der Waals surface area (Å²) >= 11 is 7.54. The maximum Gasteiger partial charge on any atom is 0.127 e. The van der Waals surface area contributed by atoms with Crippen LogP contribution in [-0.2, 0) is 0 Å². The molecule has 3 nitrogen and oxygen atoms in total. The Balaban J connectivity index is 1.85. The molecule has 0 heterocycles. The molecule has 0 amide bonds. The second-order valence-corrected chi connectivity index (χ2v) is 6.03. The molecule has 0 radical (unpaired) electrons. The lowest BCUT2D eigenvalue weighted by atomic mass is 10.3. The van der Waals surface area contributed by atoms with Crippen molar-refractivity contribution in [3.8, 4) is 11.5 Å². The van der Waals surface area contributed by atoms with Crippen molar-refractivity contribution in [3.05, 3.63) is 53.6 Å². The molecular formula is C16H18ClNO2S. The van der Waals surface area contributed by atoms with E-state index in [9.17, 15) is 5.21 Å². The van der Waals surface area contributed by atoms with Crippen molar-refractivity contribution in [2.45, 2.75) is 11.8 Å². The van der Waals surface area contributed by atoms with Gasteiger partial charge in [-0.3, -0.25) is 0 Å². The third-order valence-corrected chi connectivity index (χ3v) is 4.10. The second kappa shape index (κ2) is 8.29. The van der Waals surface area contributed by atoms with Gasteiger partial charge in [0.1, 0.15) is 11.5 Å². The van der Waals surface area contributed by atoms with Crippen molar-refractivity contribution < 1.29 is 9.94 Å². The quantitative estimate of drug-likeness (QED) is 0.578. The average Bonchev–Trinajstić information content (AvgIpc) is 2.51. The summed E-state index contributed by atoms with van der Waals surface area (Å²) in [6, 6.07) is 15.2. The molecule has 2 aromatic rings. The SMILES string of the molecule is CCN(O)CCSc1ccc(Oc2ccc(Cl)cc2)cc1. The number of ether oxygens (including phenoxy) is 1. The minimum atomic E-state index is 0.647. The zero-order chi connectivity index (χ0) is 15.1. The monoisotopic (exact) mass is 323 g/mol. The van der Waals surface area contributed by atoms with Crippen molar-refractivity contribution in [1.82, 2.24) is 5.06 Å². The lowest BCUT2D eigenvalue weighted by Crippen LogP contribution is -2.21. The fraction of sp³-hybridized carbons (Fsp3) is 0.250. The van der Waals surface area contributed by atoms with Gasteiger partial charge in [0.05, 0.1) is 0 Å². The zero-order valence-corrected chi connectivity index (χ0v) is 13.4. The van der Waals surface area contributed by atoms with Gasteiger partial charge in [-0.1, -0.05) is 18.5 Å². The highest BCUT2D eigenvalue weighted by Gasteiger charge is 2.01. The number of rotatable bonds is 7. The first-order valence-electron chi connectivity index (χ1n) is 6.77. The average molecular weight is 324 g/mol. The predicted molar refractivity (Wildman–Crippen MR) is 87.7 cm³/mol. The molecule has 2 rings (SSSR count). The van der Waals surface area contributed by atoms with Crippen LogP contribution >= 0.6 is 23.4 Å². The van der Waals surface area contributed by atoms with Gasteiger partial charge in [-0.15, -0.1) is 11.8 Å². The molecule has 0 atom stereocenters. The maximum atomic E-state index is 9.35. The van der Waals surface area contributed by atoms with E-state index in [4.69, 9.17) is 16.3 Å². The molecule has 0 saturated heterocycles. The smallest absolute Gasteiger partial charge is 0.127 e. The van der Waals surface area contributed by atoms with E-state index >= 15 is 0 Å². The number of hydroxylamine groups is 2. The van der Waals surface area contributed by atoms with E-state index in [1.807, 2.05) is 43.3 Å². The summed E-state index contributed by atoms with van der Waals surface area (Å²) < 4.78 is 5.73. The molecule has 0 spiro atoms. The van der Waals surface area contributed by atoms with E-state index in [0.717, 1.165) is 22.1 Å². The minimum Gasteiger partial charge on any atom is -0.457 e. The highest BCUT2D eigenvalue weighted by molar-refractivity contribution is 7.99. The molecule has 0 aliphatic carbocycles. The fourth-order valence-corrected chi connectivity index (χ4v) is 2.66. The Labute approximate surface area is 134 Å². The van der Waals surface area contributed by atoms with Crippen molar-refractivity contribution in [1.29, 1.82) is 0 Å². The molecule has 0 aromatic heterocycles. The van der Waals surface area contributed by atoms with Crippen molar-refractivity contribution in [2.24, 2.45) is 0 Å². The van der Waals surface area contributed by atoms with Crippen molar-refractivity contribution >= 4 is 23.4 Å². The molecule has 0 fully saturated rings. The van der Waals surface area contributed by atoms with Gasteiger partial charge in [-0.2, -0.15) is 5.06 Å². The lowest BCUT2D eigenvalue weighted by molar-refractivity contribution is -0.0802. The number of nitrogens with zero attached hydrogens (tertiary/aromatic N) is 1. The second-order valence-electron chi connectivity index (χ2n) is 4.42. The van der Waals surface area contributed by atoms with Gasteiger partial charge in [0, 0.05) is 28.8 Å². The summed E-state index contributed by atoms with van der Waals surface area (Å²) in [7, 11) is 0. The molecule has 0 aliphatic rings. The Bertz CT molecular complexity index is 545. The summed E-state index contributed by atoms with van der Waals surface area (Å²) in [6.45, 7) is 3.23. The van der Waals surface area contributed by atoms with Gasteiger partial charge in [0.15, 0.2) is 0 Å². The number of benzene rings is 2. The van der Waals surface area contributed by atoms with Crippen LogP contribution in [0, 0.1) is 0 Å². The first kappa shape index (κ1) is 16.2. The van der Waals surface area contributed by atoms with Gasteiger partial charge in [0.25, 0.3) is 0 Å². The van der Waals surface area contributed by atoms with E-state index in [1.165, 1.54) is 5.06 Å². The first-order valence-corrected chi connectivity index (χ1v) is 8.14. The van der Waals surface area contributed by atoms with Crippen LogP contribution in [0.3, 0.4) is 0 Å². The molecule has 0 aliphatic heterocycles. The molecule has 0 bridgehead atoms. The van der Waals surface area contributed by atoms with Crippen LogP contribution in [0.15, 0.2) is 53.4 Å².